The summed E-state index contributed by atoms with van der Waals surface area (Å²) in [6.45, 7) is 0.263. The summed E-state index contributed by atoms with van der Waals surface area (Å²) in [7, 11) is 1.18. The summed E-state index contributed by atoms with van der Waals surface area (Å²) in [5, 5.41) is 0. The van der Waals surface area contributed by atoms with Gasteiger partial charge in [0.2, 0.25) is 0 Å². The molecule has 0 N–H and O–H groups in total. The molecular weight excluding hydrogens is 257 g/mol. The summed E-state index contributed by atoms with van der Waals surface area (Å²) < 4.78 is 55.8. The average Bonchev–Trinajstić information content (AvgIpc) is 2.28. The maximum atomic E-state index is 11.8. The first-order chi connectivity index (χ1) is 7.89. The van der Waals surface area contributed by atoms with E-state index in [4.69, 9.17) is 17.7 Å². The molecule has 0 rings (SSSR count). The topological polar surface area (TPSA) is 36.9 Å². The quantitative estimate of drug-likeness (QED) is 0.479. The molecule has 0 aromatic carbocycles. The zero-order valence-electron chi connectivity index (χ0n) is 10.3. The van der Waals surface area contributed by atoms with Crippen molar-refractivity contribution in [3.8, 4) is 0 Å². The molecule has 4 nitrogen and oxygen atoms in total. The summed E-state index contributed by atoms with van der Waals surface area (Å²) in [6, 6.07) is 0. The zero-order valence-corrected chi connectivity index (χ0v) is 11.3. The highest BCUT2D eigenvalue weighted by Crippen LogP contribution is 2.22. The largest absolute Gasteiger partial charge is 0.678 e. The molecule has 17 heavy (non-hydrogen) atoms. The zero-order chi connectivity index (χ0) is 13.4. The Bertz CT molecular complexity index is 189. The highest BCUT2D eigenvalue weighted by atomic mass is 28.4. The van der Waals surface area contributed by atoms with E-state index in [0.717, 1.165) is 0 Å². The predicted octanol–water partition coefficient (Wildman–Crippen LogP) is 2.50. The first-order valence-corrected chi connectivity index (χ1v) is 6.88. The lowest BCUT2D eigenvalue weighted by Gasteiger charge is -2.22. The molecule has 0 saturated heterocycles. The predicted molar refractivity (Wildman–Crippen MR) is 57.3 cm³/mol. The number of hydrogen-bond acceptors (Lipinski definition) is 4. The molecule has 0 heterocycles. The molecule has 0 saturated carbocycles. The summed E-state index contributed by atoms with van der Waals surface area (Å²) in [5.41, 5.74) is 0. The fourth-order valence-electron chi connectivity index (χ4n) is 1.23. The van der Waals surface area contributed by atoms with E-state index in [-0.39, 0.29) is 13.0 Å². The molecule has 0 aromatic rings. The van der Waals surface area contributed by atoms with Crippen LogP contribution in [0.1, 0.15) is 25.7 Å². The third-order valence-electron chi connectivity index (χ3n) is 2.13. The number of hydrogen-bond donors (Lipinski definition) is 0. The van der Waals surface area contributed by atoms with Crippen LogP contribution in [0.5, 0.6) is 0 Å². The lowest BCUT2D eigenvalue weighted by Crippen LogP contribution is -2.46. The summed E-state index contributed by atoms with van der Waals surface area (Å²) >= 11 is 0. The van der Waals surface area contributed by atoms with E-state index in [0.29, 0.717) is 12.8 Å². The Kier molecular flexibility index (Phi) is 7.97. The minimum Gasteiger partial charge on any atom is -0.355 e. The molecule has 0 bridgehead atoms. The van der Waals surface area contributed by atoms with Gasteiger partial charge in [0.05, 0.1) is 0 Å². The van der Waals surface area contributed by atoms with Gasteiger partial charge in [-0.3, -0.25) is 0 Å². The van der Waals surface area contributed by atoms with Crippen LogP contribution in [-0.2, 0) is 17.7 Å². The average molecular weight is 276 g/mol. The second-order valence-corrected chi connectivity index (χ2v) is 5.90. The molecule has 8 heteroatoms. The van der Waals surface area contributed by atoms with Crippen molar-refractivity contribution in [1.29, 1.82) is 0 Å². The second kappa shape index (κ2) is 8.04. The van der Waals surface area contributed by atoms with Gasteiger partial charge in [0.25, 0.3) is 0 Å². The van der Waals surface area contributed by atoms with Gasteiger partial charge in [0.15, 0.2) is 0 Å². The van der Waals surface area contributed by atoms with E-state index in [1.807, 2.05) is 0 Å². The smallest absolute Gasteiger partial charge is 0.355 e. The Morgan fingerprint density at radius 1 is 0.882 bits per heavy atom. The van der Waals surface area contributed by atoms with Crippen molar-refractivity contribution in [2.75, 3.05) is 27.9 Å². The Balaban J connectivity index is 3.63. The summed E-state index contributed by atoms with van der Waals surface area (Å²) in [5.74, 6) is 0. The molecule has 0 unspecified atom stereocenters. The van der Waals surface area contributed by atoms with Crippen LogP contribution in [0.3, 0.4) is 0 Å². The highest BCUT2D eigenvalue weighted by Gasteiger charge is 2.41. The molecule has 0 atom stereocenters. The van der Waals surface area contributed by atoms with Crippen molar-refractivity contribution in [3.63, 3.8) is 0 Å². The third kappa shape index (κ3) is 7.71. The van der Waals surface area contributed by atoms with Crippen LogP contribution >= 0.6 is 0 Å². The van der Waals surface area contributed by atoms with E-state index in [2.05, 4.69) is 0 Å². The molecule has 0 amide bonds. The van der Waals surface area contributed by atoms with Crippen molar-refractivity contribution in [1.82, 2.24) is 0 Å². The van der Waals surface area contributed by atoms with E-state index in [9.17, 15) is 13.2 Å². The summed E-state index contributed by atoms with van der Waals surface area (Å²) in [6.07, 6.45) is -3.77. The van der Waals surface area contributed by atoms with Crippen LogP contribution < -0.4 is 0 Å². The van der Waals surface area contributed by atoms with Crippen molar-refractivity contribution < 1.29 is 30.9 Å². The van der Waals surface area contributed by atoms with E-state index >= 15 is 0 Å². The molecule has 0 aliphatic rings. The van der Waals surface area contributed by atoms with Crippen LogP contribution in [0.25, 0.3) is 0 Å². The molecule has 104 valence electrons. The normalized spacial score (nSPS) is 13.1. The number of rotatable bonds is 9. The van der Waals surface area contributed by atoms with Crippen LogP contribution in [0.15, 0.2) is 0 Å². The van der Waals surface area contributed by atoms with Crippen molar-refractivity contribution >= 4 is 9.05 Å². The number of alkyl halides is 3. The molecular formula is C9H19F3O4Si. The monoisotopic (exact) mass is 276 g/mol. The van der Waals surface area contributed by atoms with Gasteiger partial charge in [-0.1, -0.05) is 6.42 Å². The summed E-state index contributed by atoms with van der Waals surface area (Å²) in [4.78, 5) is 0. The second-order valence-electron chi connectivity index (χ2n) is 3.39. The maximum Gasteiger partial charge on any atom is 0.678 e. The van der Waals surface area contributed by atoms with Crippen molar-refractivity contribution in [3.05, 3.63) is 0 Å². The van der Waals surface area contributed by atoms with Crippen LogP contribution in [0.2, 0.25) is 0 Å². The van der Waals surface area contributed by atoms with Crippen molar-refractivity contribution in [2.45, 2.75) is 31.9 Å². The minimum absolute atomic E-state index is 0.106. The van der Waals surface area contributed by atoms with Crippen molar-refractivity contribution in [2.24, 2.45) is 0 Å². The Hall–Kier alpha value is -0.153. The SMILES string of the molecule is CO[Si](OC)(OC)OCCCCCC(F)(F)F. The third-order valence-corrected chi connectivity index (χ3v) is 4.19. The van der Waals surface area contributed by atoms with Gasteiger partial charge in [-0.05, 0) is 12.8 Å². The fourth-order valence-corrected chi connectivity index (χ4v) is 2.48. The standard InChI is InChI=1S/C9H19F3O4Si/c1-13-17(14-2,15-3)16-8-6-4-5-7-9(10,11)12/h4-8H2,1-3H3. The molecule has 0 aromatic heterocycles. The fraction of sp³-hybridized carbons (Fsp3) is 1.00. The molecule has 0 spiro atoms. The minimum atomic E-state index is -4.08. The van der Waals surface area contributed by atoms with Gasteiger partial charge in [-0.2, -0.15) is 13.2 Å². The van der Waals surface area contributed by atoms with Crippen LogP contribution in [0, 0.1) is 0 Å². The lowest BCUT2D eigenvalue weighted by molar-refractivity contribution is -0.135. The number of halogens is 3. The van der Waals surface area contributed by atoms with E-state index < -0.39 is 21.6 Å². The van der Waals surface area contributed by atoms with E-state index in [1.54, 1.807) is 0 Å². The molecule has 0 fully saturated rings. The van der Waals surface area contributed by atoms with Gasteiger partial charge in [-0.25, -0.2) is 0 Å². The number of unbranched alkanes of at least 4 members (excludes halogenated alkanes) is 2. The van der Waals surface area contributed by atoms with Gasteiger partial charge >= 0.3 is 15.2 Å². The Morgan fingerprint density at radius 2 is 1.41 bits per heavy atom. The lowest BCUT2D eigenvalue weighted by atomic mass is 10.2. The first-order valence-electron chi connectivity index (χ1n) is 5.25. The molecule has 0 aliphatic heterocycles. The first kappa shape index (κ1) is 16.8. The molecule has 0 radical (unpaired) electrons. The highest BCUT2D eigenvalue weighted by molar-refractivity contribution is 6.53. The van der Waals surface area contributed by atoms with Gasteiger partial charge in [-0.15, -0.1) is 0 Å². The van der Waals surface area contributed by atoms with Crippen LogP contribution in [0.4, 0.5) is 13.2 Å². The van der Waals surface area contributed by atoms with Gasteiger partial charge in [0.1, 0.15) is 0 Å². The Morgan fingerprint density at radius 3 is 1.82 bits per heavy atom. The Labute approximate surface area is 100 Å². The van der Waals surface area contributed by atoms with Crippen LogP contribution in [-0.4, -0.2) is 43.2 Å². The van der Waals surface area contributed by atoms with E-state index in [1.165, 1.54) is 21.3 Å². The van der Waals surface area contributed by atoms with Gasteiger partial charge < -0.3 is 17.7 Å². The maximum absolute atomic E-state index is 11.8. The molecule has 0 aliphatic carbocycles. The van der Waals surface area contributed by atoms with Gasteiger partial charge in [0, 0.05) is 34.4 Å².